The molecular formula is C14H19ClN2O2. The molecule has 5 heteroatoms. The molecule has 1 aromatic rings. The Balaban J connectivity index is 1.81. The highest BCUT2D eigenvalue weighted by molar-refractivity contribution is 6.31. The smallest absolute Gasteiger partial charge is 0.319 e. The summed E-state index contributed by atoms with van der Waals surface area (Å²) in [6.45, 7) is 4.92. The number of methoxy groups -OCH3 is 1. The van der Waals surface area contributed by atoms with Gasteiger partial charge in [0.1, 0.15) is 0 Å². The van der Waals surface area contributed by atoms with Gasteiger partial charge in [0.25, 0.3) is 0 Å². The Labute approximate surface area is 118 Å². The highest BCUT2D eigenvalue weighted by Crippen LogP contribution is 2.17. The summed E-state index contributed by atoms with van der Waals surface area (Å²) in [4.78, 5) is 15.7. The van der Waals surface area contributed by atoms with E-state index in [1.165, 1.54) is 7.11 Å². The summed E-state index contributed by atoms with van der Waals surface area (Å²) in [6.07, 6.45) is 0. The van der Waals surface area contributed by atoms with Crippen LogP contribution in [0.3, 0.4) is 0 Å². The van der Waals surface area contributed by atoms with E-state index in [0.29, 0.717) is 6.54 Å². The molecule has 104 valence electrons. The van der Waals surface area contributed by atoms with Crippen LogP contribution in [-0.2, 0) is 16.1 Å². The molecule has 0 radical (unpaired) electrons. The summed E-state index contributed by atoms with van der Waals surface area (Å²) in [5.74, 6) is -0.167. The average Bonchev–Trinajstić information content (AvgIpc) is 2.43. The van der Waals surface area contributed by atoms with Gasteiger partial charge in [0.15, 0.2) is 0 Å². The number of hydrogen-bond donors (Lipinski definition) is 0. The van der Waals surface area contributed by atoms with Gasteiger partial charge in [-0.2, -0.15) is 0 Å². The number of rotatable bonds is 4. The minimum Gasteiger partial charge on any atom is -0.468 e. The van der Waals surface area contributed by atoms with Crippen LogP contribution in [0.15, 0.2) is 24.3 Å². The molecule has 1 aromatic carbocycles. The van der Waals surface area contributed by atoms with E-state index < -0.39 is 0 Å². The molecule has 0 atom stereocenters. The van der Waals surface area contributed by atoms with Crippen LogP contribution in [-0.4, -0.2) is 55.6 Å². The first kappa shape index (κ1) is 14.3. The molecule has 1 saturated heterocycles. The maximum Gasteiger partial charge on any atom is 0.319 e. The number of nitrogens with zero attached hydrogens (tertiary/aromatic N) is 2. The average molecular weight is 283 g/mol. The third kappa shape index (κ3) is 4.20. The van der Waals surface area contributed by atoms with E-state index in [1.807, 2.05) is 18.2 Å². The quantitative estimate of drug-likeness (QED) is 0.786. The van der Waals surface area contributed by atoms with Crippen LogP contribution in [0.1, 0.15) is 5.56 Å². The lowest BCUT2D eigenvalue weighted by atomic mass is 10.2. The summed E-state index contributed by atoms with van der Waals surface area (Å²) < 4.78 is 4.68. The van der Waals surface area contributed by atoms with Crippen molar-refractivity contribution in [3.63, 3.8) is 0 Å². The number of hydrogen-bond acceptors (Lipinski definition) is 4. The SMILES string of the molecule is COC(=O)CN1CCN(Cc2ccccc2Cl)CC1. The van der Waals surface area contributed by atoms with Crippen LogP contribution in [0, 0.1) is 0 Å². The minimum absolute atomic E-state index is 0.167. The zero-order valence-electron chi connectivity index (χ0n) is 11.1. The molecule has 0 spiro atoms. The molecule has 19 heavy (non-hydrogen) atoms. The maximum absolute atomic E-state index is 11.2. The Hall–Kier alpha value is -1.10. The standard InChI is InChI=1S/C14H19ClN2O2/c1-19-14(18)11-17-8-6-16(7-9-17)10-12-4-2-3-5-13(12)15/h2-5H,6-11H2,1H3. The first-order valence-corrected chi connectivity index (χ1v) is 6.82. The van der Waals surface area contributed by atoms with Crippen LogP contribution in [0.5, 0.6) is 0 Å². The van der Waals surface area contributed by atoms with Crippen molar-refractivity contribution in [1.29, 1.82) is 0 Å². The lowest BCUT2D eigenvalue weighted by Crippen LogP contribution is -2.47. The summed E-state index contributed by atoms with van der Waals surface area (Å²) in [7, 11) is 1.43. The fourth-order valence-electron chi connectivity index (χ4n) is 2.22. The first-order chi connectivity index (χ1) is 9.19. The molecule has 0 saturated carbocycles. The van der Waals surface area contributed by atoms with E-state index in [-0.39, 0.29) is 5.97 Å². The predicted molar refractivity (Wildman–Crippen MR) is 75.2 cm³/mol. The molecule has 0 amide bonds. The second kappa shape index (κ2) is 6.89. The zero-order chi connectivity index (χ0) is 13.7. The lowest BCUT2D eigenvalue weighted by Gasteiger charge is -2.34. The minimum atomic E-state index is -0.167. The molecule has 1 aliphatic rings. The molecule has 1 aliphatic heterocycles. The first-order valence-electron chi connectivity index (χ1n) is 6.44. The van der Waals surface area contributed by atoms with Gasteiger partial charge in [0.2, 0.25) is 0 Å². The van der Waals surface area contributed by atoms with Crippen molar-refractivity contribution < 1.29 is 9.53 Å². The van der Waals surface area contributed by atoms with Crippen LogP contribution >= 0.6 is 11.6 Å². The number of carbonyl (C=O) groups excluding carboxylic acids is 1. The molecule has 4 nitrogen and oxygen atoms in total. The fourth-order valence-corrected chi connectivity index (χ4v) is 2.42. The van der Waals surface area contributed by atoms with Crippen LogP contribution < -0.4 is 0 Å². The van der Waals surface area contributed by atoms with Gasteiger partial charge in [-0.25, -0.2) is 0 Å². The number of piperazine rings is 1. The molecule has 2 rings (SSSR count). The molecule has 0 N–H and O–H groups in total. The molecule has 1 fully saturated rings. The highest BCUT2D eigenvalue weighted by Gasteiger charge is 2.19. The normalized spacial score (nSPS) is 17.4. The van der Waals surface area contributed by atoms with E-state index >= 15 is 0 Å². The number of halogens is 1. The fraction of sp³-hybridized carbons (Fsp3) is 0.500. The van der Waals surface area contributed by atoms with Gasteiger partial charge < -0.3 is 4.74 Å². The predicted octanol–water partition coefficient (Wildman–Crippen LogP) is 1.63. The van der Waals surface area contributed by atoms with Gasteiger partial charge in [0, 0.05) is 37.7 Å². The number of carbonyl (C=O) groups is 1. The zero-order valence-corrected chi connectivity index (χ0v) is 11.9. The second-order valence-corrected chi connectivity index (χ2v) is 5.13. The van der Waals surface area contributed by atoms with Crippen molar-refractivity contribution in [3.05, 3.63) is 34.9 Å². The molecule has 0 aromatic heterocycles. The largest absolute Gasteiger partial charge is 0.468 e. The summed E-state index contributed by atoms with van der Waals surface area (Å²) in [5.41, 5.74) is 1.16. The Bertz CT molecular complexity index is 431. The van der Waals surface area contributed by atoms with Crippen molar-refractivity contribution in [3.8, 4) is 0 Å². The van der Waals surface area contributed by atoms with Crippen molar-refractivity contribution in [2.45, 2.75) is 6.54 Å². The summed E-state index contributed by atoms with van der Waals surface area (Å²) >= 11 is 6.16. The monoisotopic (exact) mass is 282 g/mol. The van der Waals surface area contributed by atoms with E-state index in [9.17, 15) is 4.79 Å². The Morgan fingerprint density at radius 2 is 1.84 bits per heavy atom. The van der Waals surface area contributed by atoms with Gasteiger partial charge in [-0.3, -0.25) is 14.6 Å². The second-order valence-electron chi connectivity index (χ2n) is 4.72. The number of esters is 1. The van der Waals surface area contributed by atoms with Crippen molar-refractivity contribution in [2.75, 3.05) is 39.8 Å². The van der Waals surface area contributed by atoms with Crippen LogP contribution in [0.2, 0.25) is 5.02 Å². The third-order valence-electron chi connectivity index (χ3n) is 3.40. The Morgan fingerprint density at radius 1 is 1.21 bits per heavy atom. The molecule has 0 bridgehead atoms. The maximum atomic E-state index is 11.2. The van der Waals surface area contributed by atoms with Crippen LogP contribution in [0.4, 0.5) is 0 Å². The molecule has 0 unspecified atom stereocenters. The molecule has 0 aliphatic carbocycles. The third-order valence-corrected chi connectivity index (χ3v) is 3.77. The Kier molecular flexibility index (Phi) is 5.19. The highest BCUT2D eigenvalue weighted by atomic mass is 35.5. The number of benzene rings is 1. The summed E-state index contributed by atoms with van der Waals surface area (Å²) in [6, 6.07) is 7.93. The van der Waals surface area contributed by atoms with E-state index in [0.717, 1.165) is 43.3 Å². The van der Waals surface area contributed by atoms with Gasteiger partial charge >= 0.3 is 5.97 Å². The van der Waals surface area contributed by atoms with Gasteiger partial charge in [-0.05, 0) is 11.6 Å². The molecular weight excluding hydrogens is 264 g/mol. The lowest BCUT2D eigenvalue weighted by molar-refractivity contribution is -0.142. The topological polar surface area (TPSA) is 32.8 Å². The van der Waals surface area contributed by atoms with Crippen molar-refractivity contribution >= 4 is 17.6 Å². The van der Waals surface area contributed by atoms with E-state index in [1.54, 1.807) is 0 Å². The summed E-state index contributed by atoms with van der Waals surface area (Å²) in [5, 5.41) is 0.819. The number of ether oxygens (including phenoxy) is 1. The van der Waals surface area contributed by atoms with Gasteiger partial charge in [-0.15, -0.1) is 0 Å². The van der Waals surface area contributed by atoms with Crippen molar-refractivity contribution in [2.24, 2.45) is 0 Å². The van der Waals surface area contributed by atoms with E-state index in [2.05, 4.69) is 20.6 Å². The Morgan fingerprint density at radius 3 is 2.47 bits per heavy atom. The van der Waals surface area contributed by atoms with Crippen LogP contribution in [0.25, 0.3) is 0 Å². The van der Waals surface area contributed by atoms with Gasteiger partial charge in [0.05, 0.1) is 13.7 Å². The van der Waals surface area contributed by atoms with Gasteiger partial charge in [-0.1, -0.05) is 29.8 Å². The van der Waals surface area contributed by atoms with Crippen molar-refractivity contribution in [1.82, 2.24) is 9.80 Å². The van der Waals surface area contributed by atoms with E-state index in [4.69, 9.17) is 11.6 Å². The molecule has 1 heterocycles.